The molecule has 0 saturated carbocycles. The van der Waals surface area contributed by atoms with Gasteiger partial charge in [0.25, 0.3) is 0 Å². The van der Waals surface area contributed by atoms with Crippen LogP contribution in [0.1, 0.15) is 16.1 Å². The maximum Gasteiger partial charge on any atom is 0.354 e. The van der Waals surface area contributed by atoms with Crippen LogP contribution in [0.25, 0.3) is 0 Å². The van der Waals surface area contributed by atoms with Crippen LogP contribution in [0, 0.1) is 6.92 Å². The van der Waals surface area contributed by atoms with E-state index in [-0.39, 0.29) is 5.69 Å². The maximum absolute atomic E-state index is 10.2. The van der Waals surface area contributed by atoms with E-state index in [4.69, 9.17) is 16.7 Å². The van der Waals surface area contributed by atoms with Crippen molar-refractivity contribution in [2.45, 2.75) is 11.8 Å². The van der Waals surface area contributed by atoms with Crippen molar-refractivity contribution in [2.24, 2.45) is 0 Å². The zero-order valence-electron chi connectivity index (χ0n) is 9.67. The van der Waals surface area contributed by atoms with E-state index >= 15 is 0 Å². The Hall–Kier alpha value is -1.52. The van der Waals surface area contributed by atoms with Gasteiger partial charge < -0.3 is 5.11 Å². The third-order valence-corrected chi connectivity index (χ3v) is 2.45. The number of rotatable bonds is 1. The zero-order chi connectivity index (χ0) is 13.5. The first-order valence-electron chi connectivity index (χ1n) is 5.09. The van der Waals surface area contributed by atoms with Crippen molar-refractivity contribution in [1.82, 2.24) is 4.98 Å². The molecule has 0 spiro atoms. The van der Waals surface area contributed by atoms with E-state index in [9.17, 15) is 4.79 Å². The van der Waals surface area contributed by atoms with Gasteiger partial charge in [0, 0.05) is 16.1 Å². The Morgan fingerprint density at radius 1 is 1.33 bits per heavy atom. The topological polar surface area (TPSA) is 50.2 Å². The molecular formula is C13H12ClNO2S. The fourth-order valence-electron chi connectivity index (χ4n) is 1.12. The Labute approximate surface area is 116 Å². The normalized spacial score (nSPS) is 9.28. The quantitative estimate of drug-likeness (QED) is 0.783. The summed E-state index contributed by atoms with van der Waals surface area (Å²) in [7, 11) is 0. The number of carbonyl (C=O) groups is 1. The van der Waals surface area contributed by atoms with Crippen LogP contribution in [0.15, 0.2) is 47.5 Å². The minimum absolute atomic E-state index is 0.0396. The number of thiol groups is 1. The second-order valence-electron chi connectivity index (χ2n) is 3.51. The molecule has 0 amide bonds. The monoisotopic (exact) mass is 281 g/mol. The van der Waals surface area contributed by atoms with Crippen molar-refractivity contribution in [2.75, 3.05) is 0 Å². The molecule has 1 aromatic heterocycles. The summed E-state index contributed by atoms with van der Waals surface area (Å²) >= 11 is 9.59. The Morgan fingerprint density at radius 3 is 2.44 bits per heavy atom. The molecule has 1 N–H and O–H groups in total. The fraction of sp³-hybridized carbons (Fsp3) is 0.0769. The van der Waals surface area contributed by atoms with Crippen molar-refractivity contribution >= 4 is 30.2 Å². The second kappa shape index (κ2) is 7.03. The Balaban J connectivity index is 0.000000184. The molecule has 0 radical (unpaired) electrons. The lowest BCUT2D eigenvalue weighted by Gasteiger charge is -1.91. The molecule has 2 rings (SSSR count). The van der Waals surface area contributed by atoms with Gasteiger partial charge in [0.1, 0.15) is 5.69 Å². The summed E-state index contributed by atoms with van der Waals surface area (Å²) < 4.78 is 0. The number of benzene rings is 1. The van der Waals surface area contributed by atoms with E-state index in [0.717, 1.165) is 5.02 Å². The van der Waals surface area contributed by atoms with Gasteiger partial charge in [-0.3, -0.25) is 0 Å². The van der Waals surface area contributed by atoms with Crippen LogP contribution in [-0.2, 0) is 0 Å². The molecule has 0 saturated heterocycles. The Bertz CT molecular complexity index is 512. The van der Waals surface area contributed by atoms with E-state index < -0.39 is 5.97 Å². The van der Waals surface area contributed by atoms with Crippen molar-refractivity contribution in [3.63, 3.8) is 0 Å². The third-order valence-electron chi connectivity index (χ3n) is 1.95. The standard InChI is InChI=1S/C7H7Cl.C6H5NO2S/c1-6-3-2-4-7(8)5-6;8-6(9)5-2-1-4(10)3-7-5/h2-5H,1H3;1-3,10H,(H,8,9). The van der Waals surface area contributed by atoms with Gasteiger partial charge >= 0.3 is 5.97 Å². The number of aromatic carboxylic acids is 1. The molecule has 0 aliphatic rings. The predicted molar refractivity (Wildman–Crippen MR) is 74.6 cm³/mol. The summed E-state index contributed by atoms with van der Waals surface area (Å²) in [6.45, 7) is 2.02. The molecule has 1 heterocycles. The van der Waals surface area contributed by atoms with E-state index in [1.807, 2.05) is 31.2 Å². The number of carboxylic acids is 1. The van der Waals surface area contributed by atoms with E-state index in [1.165, 1.54) is 17.8 Å². The summed E-state index contributed by atoms with van der Waals surface area (Å²) in [5, 5.41) is 9.20. The molecule has 0 unspecified atom stereocenters. The largest absolute Gasteiger partial charge is 0.477 e. The highest BCUT2D eigenvalue weighted by molar-refractivity contribution is 7.80. The number of pyridine rings is 1. The summed E-state index contributed by atoms with van der Waals surface area (Å²) in [4.78, 5) is 14.5. The molecule has 5 heteroatoms. The molecule has 0 aliphatic carbocycles. The number of carboxylic acid groups (broad SMARTS) is 1. The predicted octanol–water partition coefficient (Wildman–Crippen LogP) is 3.72. The van der Waals surface area contributed by atoms with Gasteiger partial charge in [0.05, 0.1) is 0 Å². The third kappa shape index (κ3) is 5.21. The highest BCUT2D eigenvalue weighted by Gasteiger charge is 2.00. The lowest BCUT2D eigenvalue weighted by atomic mass is 10.2. The van der Waals surface area contributed by atoms with Gasteiger partial charge in [-0.1, -0.05) is 23.7 Å². The molecule has 0 fully saturated rings. The van der Waals surface area contributed by atoms with Gasteiger partial charge in [0.15, 0.2) is 0 Å². The SMILES string of the molecule is Cc1cccc(Cl)c1.O=C(O)c1ccc(S)cn1. The van der Waals surface area contributed by atoms with Gasteiger partial charge in [-0.15, -0.1) is 12.6 Å². The van der Waals surface area contributed by atoms with Crippen molar-refractivity contribution in [3.8, 4) is 0 Å². The number of aryl methyl sites for hydroxylation is 1. The van der Waals surface area contributed by atoms with Crippen molar-refractivity contribution < 1.29 is 9.90 Å². The van der Waals surface area contributed by atoms with E-state index in [1.54, 1.807) is 6.07 Å². The average Bonchev–Trinajstić information content (AvgIpc) is 2.30. The Morgan fingerprint density at radius 2 is 2.06 bits per heavy atom. The minimum atomic E-state index is -1.02. The summed E-state index contributed by atoms with van der Waals surface area (Å²) in [6.07, 6.45) is 1.40. The second-order valence-corrected chi connectivity index (χ2v) is 4.46. The maximum atomic E-state index is 10.2. The molecule has 0 aliphatic heterocycles. The molecule has 18 heavy (non-hydrogen) atoms. The van der Waals surface area contributed by atoms with Gasteiger partial charge in [-0.05, 0) is 36.8 Å². The minimum Gasteiger partial charge on any atom is -0.477 e. The first-order chi connectivity index (χ1) is 8.49. The van der Waals surface area contributed by atoms with Crippen LogP contribution in [0.3, 0.4) is 0 Å². The lowest BCUT2D eigenvalue weighted by Crippen LogP contribution is -1.98. The fourth-order valence-corrected chi connectivity index (χ4v) is 1.50. The number of halogens is 1. The zero-order valence-corrected chi connectivity index (χ0v) is 11.3. The Kier molecular flexibility index (Phi) is 5.68. The van der Waals surface area contributed by atoms with Gasteiger partial charge in [0.2, 0.25) is 0 Å². The molecule has 0 atom stereocenters. The van der Waals surface area contributed by atoms with Gasteiger partial charge in [-0.25, -0.2) is 9.78 Å². The lowest BCUT2D eigenvalue weighted by molar-refractivity contribution is 0.0690. The molecule has 94 valence electrons. The molecule has 0 bridgehead atoms. The van der Waals surface area contributed by atoms with Crippen molar-refractivity contribution in [1.29, 1.82) is 0 Å². The average molecular weight is 282 g/mol. The first-order valence-corrected chi connectivity index (χ1v) is 5.92. The van der Waals surface area contributed by atoms with Crippen LogP contribution in [0.4, 0.5) is 0 Å². The first kappa shape index (κ1) is 14.5. The van der Waals surface area contributed by atoms with Crippen molar-refractivity contribution in [3.05, 3.63) is 58.9 Å². The number of hydrogen-bond acceptors (Lipinski definition) is 3. The molecule has 1 aromatic carbocycles. The van der Waals surface area contributed by atoms with E-state index in [2.05, 4.69) is 17.6 Å². The summed E-state index contributed by atoms with van der Waals surface area (Å²) in [5.41, 5.74) is 1.25. The van der Waals surface area contributed by atoms with Crippen LogP contribution in [-0.4, -0.2) is 16.1 Å². The van der Waals surface area contributed by atoms with Crippen LogP contribution in [0.5, 0.6) is 0 Å². The van der Waals surface area contributed by atoms with E-state index in [0.29, 0.717) is 4.90 Å². The number of aromatic nitrogens is 1. The van der Waals surface area contributed by atoms with Crippen LogP contribution < -0.4 is 0 Å². The molecule has 2 aromatic rings. The molecule has 3 nitrogen and oxygen atoms in total. The van der Waals surface area contributed by atoms with Crippen LogP contribution >= 0.6 is 24.2 Å². The summed E-state index contributed by atoms with van der Waals surface area (Å²) in [6, 6.07) is 10.8. The highest BCUT2D eigenvalue weighted by atomic mass is 35.5. The smallest absolute Gasteiger partial charge is 0.354 e. The number of nitrogens with zero attached hydrogens (tertiary/aromatic N) is 1. The molecular weight excluding hydrogens is 270 g/mol. The summed E-state index contributed by atoms with van der Waals surface area (Å²) in [5.74, 6) is -1.02. The number of hydrogen-bond donors (Lipinski definition) is 2. The van der Waals surface area contributed by atoms with Crippen LogP contribution in [0.2, 0.25) is 5.02 Å². The highest BCUT2D eigenvalue weighted by Crippen LogP contribution is 2.08. The van der Waals surface area contributed by atoms with Gasteiger partial charge in [-0.2, -0.15) is 0 Å².